The van der Waals surface area contributed by atoms with E-state index >= 15 is 0 Å². The topological polar surface area (TPSA) is 52.6 Å². The molecular weight excluding hydrogens is 328 g/mol. The first-order chi connectivity index (χ1) is 12.6. The molecule has 26 heavy (non-hydrogen) atoms. The molecule has 0 aliphatic rings. The van der Waals surface area contributed by atoms with Gasteiger partial charge in [-0.25, -0.2) is 0 Å². The number of ether oxygens (including phenoxy) is 2. The van der Waals surface area contributed by atoms with Crippen LogP contribution in [0.4, 0.5) is 0 Å². The highest BCUT2D eigenvalue weighted by atomic mass is 16.6. The summed E-state index contributed by atoms with van der Waals surface area (Å²) in [5, 5.41) is 0. The van der Waals surface area contributed by atoms with Crippen LogP contribution in [0.5, 0.6) is 11.5 Å². The molecule has 0 radical (unpaired) electrons. The van der Waals surface area contributed by atoms with Crippen molar-refractivity contribution in [2.24, 2.45) is 5.92 Å². The lowest BCUT2D eigenvalue weighted by atomic mass is 10.1. The molecule has 0 aliphatic carbocycles. The second-order valence-electron chi connectivity index (χ2n) is 6.90. The molecule has 1 unspecified atom stereocenters. The first-order valence-corrected chi connectivity index (χ1v) is 10.1. The van der Waals surface area contributed by atoms with Crippen LogP contribution >= 0.6 is 0 Å². The molecule has 4 heteroatoms. The van der Waals surface area contributed by atoms with Crippen LogP contribution in [-0.2, 0) is 9.59 Å². The van der Waals surface area contributed by atoms with Crippen LogP contribution in [0, 0.1) is 5.92 Å². The average Bonchev–Trinajstić information content (AvgIpc) is 2.62. The summed E-state index contributed by atoms with van der Waals surface area (Å²) >= 11 is 0. The molecule has 0 saturated carbocycles. The van der Waals surface area contributed by atoms with Gasteiger partial charge in [0.1, 0.15) is 0 Å². The second-order valence-corrected chi connectivity index (χ2v) is 6.90. The molecule has 0 heterocycles. The summed E-state index contributed by atoms with van der Waals surface area (Å²) in [5.41, 5.74) is 0. The fraction of sp³-hybridized carbons (Fsp3) is 0.636. The minimum atomic E-state index is -0.289. The molecule has 146 valence electrons. The van der Waals surface area contributed by atoms with E-state index in [1.165, 1.54) is 25.7 Å². The number of hydrogen-bond donors (Lipinski definition) is 0. The van der Waals surface area contributed by atoms with Crippen molar-refractivity contribution in [3.8, 4) is 11.5 Å². The predicted octanol–water partition coefficient (Wildman–Crippen LogP) is 6.07. The van der Waals surface area contributed by atoms with Crippen LogP contribution in [-0.4, -0.2) is 11.9 Å². The van der Waals surface area contributed by atoms with E-state index in [-0.39, 0.29) is 17.9 Å². The van der Waals surface area contributed by atoms with E-state index < -0.39 is 0 Å². The summed E-state index contributed by atoms with van der Waals surface area (Å²) in [6, 6.07) is 6.85. The van der Waals surface area contributed by atoms with Gasteiger partial charge in [0.2, 0.25) is 0 Å². The van der Waals surface area contributed by atoms with E-state index in [9.17, 15) is 9.59 Å². The maximum atomic E-state index is 12.1. The van der Waals surface area contributed by atoms with Gasteiger partial charge in [-0.05, 0) is 25.0 Å². The summed E-state index contributed by atoms with van der Waals surface area (Å²) < 4.78 is 10.8. The first kappa shape index (κ1) is 22.2. The smallest absolute Gasteiger partial charge is 0.314 e. The van der Waals surface area contributed by atoms with E-state index in [4.69, 9.17) is 9.47 Å². The SMILES string of the molecule is CCCCCCCCCC(=O)Oc1ccccc1OC(=O)C(C)CCC. The van der Waals surface area contributed by atoms with E-state index in [1.807, 2.05) is 13.8 Å². The fourth-order valence-corrected chi connectivity index (χ4v) is 2.78. The van der Waals surface area contributed by atoms with E-state index in [2.05, 4.69) is 6.92 Å². The lowest BCUT2D eigenvalue weighted by Gasteiger charge is -2.13. The third kappa shape index (κ3) is 9.02. The largest absolute Gasteiger partial charge is 0.423 e. The lowest BCUT2D eigenvalue weighted by Crippen LogP contribution is -2.18. The van der Waals surface area contributed by atoms with Gasteiger partial charge in [-0.3, -0.25) is 9.59 Å². The molecule has 4 nitrogen and oxygen atoms in total. The number of carbonyl (C=O) groups excluding carboxylic acids is 2. The number of para-hydroxylation sites is 2. The van der Waals surface area contributed by atoms with Crippen LogP contribution in [0.2, 0.25) is 0 Å². The Hall–Kier alpha value is -1.84. The molecule has 0 aliphatic heterocycles. The molecule has 1 rings (SSSR count). The number of benzene rings is 1. The van der Waals surface area contributed by atoms with E-state index in [0.717, 1.165) is 32.1 Å². The Morgan fingerprint density at radius 2 is 1.42 bits per heavy atom. The summed E-state index contributed by atoms with van der Waals surface area (Å²) in [4.78, 5) is 24.2. The highest BCUT2D eigenvalue weighted by molar-refractivity contribution is 5.77. The molecule has 0 bridgehead atoms. The zero-order valence-corrected chi connectivity index (χ0v) is 16.6. The Kier molecular flexibility index (Phi) is 11.4. The molecule has 0 saturated heterocycles. The maximum absolute atomic E-state index is 12.1. The molecule has 1 aromatic carbocycles. The Labute approximate surface area is 158 Å². The number of rotatable bonds is 13. The van der Waals surface area contributed by atoms with Gasteiger partial charge < -0.3 is 9.47 Å². The molecule has 1 atom stereocenters. The first-order valence-electron chi connectivity index (χ1n) is 10.1. The zero-order valence-electron chi connectivity index (χ0n) is 16.6. The minimum absolute atomic E-state index is 0.170. The van der Waals surface area contributed by atoms with Crippen LogP contribution in [0.3, 0.4) is 0 Å². The molecule has 0 N–H and O–H groups in total. The highest BCUT2D eigenvalue weighted by Crippen LogP contribution is 2.28. The molecule has 0 spiro atoms. The molecule has 0 aromatic heterocycles. The Morgan fingerprint density at radius 1 is 0.846 bits per heavy atom. The van der Waals surface area contributed by atoms with Crippen LogP contribution in [0.1, 0.15) is 85.0 Å². The number of unbranched alkanes of at least 4 members (excludes halogenated alkanes) is 6. The summed E-state index contributed by atoms with van der Waals surface area (Å²) in [6.45, 7) is 6.08. The van der Waals surface area contributed by atoms with Gasteiger partial charge in [0.15, 0.2) is 11.5 Å². The third-order valence-electron chi connectivity index (χ3n) is 4.39. The van der Waals surface area contributed by atoms with Crippen molar-refractivity contribution in [2.45, 2.75) is 85.0 Å². The number of carbonyl (C=O) groups is 2. The zero-order chi connectivity index (χ0) is 19.2. The van der Waals surface area contributed by atoms with Crippen molar-refractivity contribution in [3.63, 3.8) is 0 Å². The maximum Gasteiger partial charge on any atom is 0.314 e. The Balaban J connectivity index is 2.42. The van der Waals surface area contributed by atoms with Crippen molar-refractivity contribution >= 4 is 11.9 Å². The van der Waals surface area contributed by atoms with Crippen LogP contribution < -0.4 is 9.47 Å². The Bertz CT molecular complexity index is 539. The average molecular weight is 363 g/mol. The van der Waals surface area contributed by atoms with Gasteiger partial charge in [-0.15, -0.1) is 0 Å². The van der Waals surface area contributed by atoms with Gasteiger partial charge in [0.05, 0.1) is 5.92 Å². The van der Waals surface area contributed by atoms with Crippen molar-refractivity contribution in [1.82, 2.24) is 0 Å². The summed E-state index contributed by atoms with van der Waals surface area (Å²) in [7, 11) is 0. The molecule has 1 aromatic rings. The minimum Gasteiger partial charge on any atom is -0.423 e. The fourth-order valence-electron chi connectivity index (χ4n) is 2.78. The highest BCUT2D eigenvalue weighted by Gasteiger charge is 2.17. The number of esters is 2. The van der Waals surface area contributed by atoms with Crippen molar-refractivity contribution in [1.29, 1.82) is 0 Å². The van der Waals surface area contributed by atoms with Gasteiger partial charge in [-0.2, -0.15) is 0 Å². The number of hydrogen-bond acceptors (Lipinski definition) is 4. The standard InChI is InChI=1S/C22H34O4/c1-4-6-7-8-9-10-11-17-21(23)25-19-15-12-13-16-20(19)26-22(24)18(3)14-5-2/h12-13,15-16,18H,4-11,14,17H2,1-3H3. The van der Waals surface area contributed by atoms with Crippen LogP contribution in [0.25, 0.3) is 0 Å². The summed E-state index contributed by atoms with van der Waals surface area (Å²) in [5.74, 6) is -0.103. The van der Waals surface area contributed by atoms with Crippen LogP contribution in [0.15, 0.2) is 24.3 Å². The quantitative estimate of drug-likeness (QED) is 0.243. The van der Waals surface area contributed by atoms with Gasteiger partial charge in [0.25, 0.3) is 0 Å². The molecule has 0 fully saturated rings. The van der Waals surface area contributed by atoms with Crippen molar-refractivity contribution in [3.05, 3.63) is 24.3 Å². The van der Waals surface area contributed by atoms with Gasteiger partial charge in [-0.1, -0.05) is 77.8 Å². The predicted molar refractivity (Wildman–Crippen MR) is 104 cm³/mol. The summed E-state index contributed by atoms with van der Waals surface area (Å²) in [6.07, 6.45) is 10.2. The lowest BCUT2D eigenvalue weighted by molar-refractivity contribution is -0.140. The molecular formula is C22H34O4. The van der Waals surface area contributed by atoms with Crippen molar-refractivity contribution in [2.75, 3.05) is 0 Å². The monoisotopic (exact) mass is 362 g/mol. The molecule has 0 amide bonds. The Morgan fingerprint density at radius 3 is 2.04 bits per heavy atom. The van der Waals surface area contributed by atoms with E-state index in [1.54, 1.807) is 24.3 Å². The van der Waals surface area contributed by atoms with Crippen molar-refractivity contribution < 1.29 is 19.1 Å². The van der Waals surface area contributed by atoms with Gasteiger partial charge >= 0.3 is 11.9 Å². The normalized spacial score (nSPS) is 11.8. The van der Waals surface area contributed by atoms with E-state index in [0.29, 0.717) is 17.9 Å². The second kappa shape index (κ2) is 13.4. The van der Waals surface area contributed by atoms with Gasteiger partial charge in [0, 0.05) is 6.42 Å². The third-order valence-corrected chi connectivity index (χ3v) is 4.39.